The molecule has 10 nitrogen and oxygen atoms in total. The molecule has 11 heteroatoms. The molecule has 0 saturated carbocycles. The van der Waals surface area contributed by atoms with E-state index < -0.39 is 12.3 Å². The molecule has 0 radical (unpaired) electrons. The number of aromatic nitrogens is 5. The highest BCUT2D eigenvalue weighted by Crippen LogP contribution is 2.30. The molecular weight excluding hydrogens is 427 g/mol. The van der Waals surface area contributed by atoms with Crippen molar-refractivity contribution in [2.45, 2.75) is 38.6 Å². The monoisotopic (exact) mass is 456 g/mol. The molecule has 5 rings (SSSR count). The van der Waals surface area contributed by atoms with E-state index in [0.29, 0.717) is 43.8 Å². The Labute approximate surface area is 191 Å². The van der Waals surface area contributed by atoms with Crippen molar-refractivity contribution in [3.8, 4) is 0 Å². The van der Waals surface area contributed by atoms with Crippen molar-refractivity contribution < 1.29 is 14.2 Å². The number of nitrogens with one attached hydrogen (secondary N) is 1. The van der Waals surface area contributed by atoms with Crippen molar-refractivity contribution in [3.05, 3.63) is 24.5 Å². The highest BCUT2D eigenvalue weighted by Gasteiger charge is 2.29. The molecule has 0 spiro atoms. The quantitative estimate of drug-likeness (QED) is 0.598. The van der Waals surface area contributed by atoms with Gasteiger partial charge >= 0.3 is 0 Å². The predicted octanol–water partition coefficient (Wildman–Crippen LogP) is 2.29. The Hall–Kier alpha value is -3.05. The summed E-state index contributed by atoms with van der Waals surface area (Å²) in [5.74, 6) is 2.56. The van der Waals surface area contributed by atoms with Crippen LogP contribution in [0.25, 0.3) is 10.9 Å². The zero-order valence-electron chi connectivity index (χ0n) is 18.9. The lowest BCUT2D eigenvalue weighted by Gasteiger charge is -2.32. The van der Waals surface area contributed by atoms with Crippen LogP contribution in [0.4, 0.5) is 27.8 Å². The van der Waals surface area contributed by atoms with Crippen LogP contribution in [-0.4, -0.2) is 81.5 Å². The summed E-state index contributed by atoms with van der Waals surface area (Å²) in [5, 5.41) is 18.8. The van der Waals surface area contributed by atoms with Crippen LogP contribution in [0.3, 0.4) is 0 Å². The molecule has 0 amide bonds. The van der Waals surface area contributed by atoms with Crippen LogP contribution in [0.15, 0.2) is 24.5 Å². The van der Waals surface area contributed by atoms with Gasteiger partial charge in [0.1, 0.15) is 17.8 Å². The van der Waals surface area contributed by atoms with Crippen molar-refractivity contribution >= 4 is 34.3 Å². The van der Waals surface area contributed by atoms with Crippen molar-refractivity contribution in [2.24, 2.45) is 0 Å². The fraction of sp³-hybridized carbons (Fsp3) is 0.545. The molecular formula is C22H29FN8O2. The van der Waals surface area contributed by atoms with E-state index in [1.54, 1.807) is 17.2 Å². The zero-order chi connectivity index (χ0) is 22.9. The molecule has 5 heterocycles. The average Bonchev–Trinajstić information content (AvgIpc) is 3.21. The Morgan fingerprint density at radius 2 is 1.97 bits per heavy atom. The summed E-state index contributed by atoms with van der Waals surface area (Å²) in [7, 11) is 0. The number of morpholine rings is 1. The largest absolute Gasteiger partial charge is 0.390 e. The second kappa shape index (κ2) is 9.06. The van der Waals surface area contributed by atoms with Crippen LogP contribution in [0.5, 0.6) is 0 Å². The van der Waals surface area contributed by atoms with E-state index >= 15 is 0 Å². The molecule has 2 N–H and O–H groups in total. The smallest absolute Gasteiger partial charge is 0.227 e. The first-order valence-corrected chi connectivity index (χ1v) is 11.4. The third kappa shape index (κ3) is 4.42. The second-order valence-corrected chi connectivity index (χ2v) is 8.73. The van der Waals surface area contributed by atoms with Gasteiger partial charge in [-0.25, -0.2) is 14.4 Å². The standard InChI is InChI=1S/C22H29FN8O2/c1-14(2)31-17-11-20(25-12-15(17)21(28-31)29-7-9-33-10-8-29)26-19-3-5-24-22(27-19)30-6-4-18(32)16(23)13-30/h3,5,11-12,14,16,18,32H,4,6-10,13H2,1-2H3,(H,24,25,26,27)/t16-,18+/m1/s1. The van der Waals surface area contributed by atoms with E-state index in [4.69, 9.17) is 9.84 Å². The molecule has 2 fully saturated rings. The Morgan fingerprint density at radius 1 is 1.15 bits per heavy atom. The third-order valence-electron chi connectivity index (χ3n) is 6.06. The number of aliphatic hydroxyl groups is 1. The number of aliphatic hydroxyl groups excluding tert-OH is 1. The molecule has 0 aromatic carbocycles. The van der Waals surface area contributed by atoms with Crippen molar-refractivity contribution in [1.29, 1.82) is 0 Å². The lowest BCUT2D eigenvalue weighted by atomic mass is 10.1. The maximum absolute atomic E-state index is 14.0. The Balaban J connectivity index is 1.41. The molecule has 2 atom stereocenters. The van der Waals surface area contributed by atoms with Crippen molar-refractivity contribution in [3.63, 3.8) is 0 Å². The highest BCUT2D eigenvalue weighted by molar-refractivity contribution is 5.92. The number of nitrogens with zero attached hydrogens (tertiary/aromatic N) is 7. The molecule has 2 aliphatic heterocycles. The van der Waals surface area contributed by atoms with Gasteiger partial charge in [0.05, 0.1) is 36.8 Å². The summed E-state index contributed by atoms with van der Waals surface area (Å²) in [6, 6.07) is 3.91. The van der Waals surface area contributed by atoms with Crippen molar-refractivity contribution in [1.82, 2.24) is 24.7 Å². The lowest BCUT2D eigenvalue weighted by molar-refractivity contribution is 0.0612. The van der Waals surface area contributed by atoms with E-state index in [9.17, 15) is 9.50 Å². The van der Waals surface area contributed by atoms with E-state index in [1.807, 2.05) is 16.9 Å². The normalized spacial score (nSPS) is 21.7. The fourth-order valence-electron chi connectivity index (χ4n) is 4.26. The summed E-state index contributed by atoms with van der Waals surface area (Å²) in [5.41, 5.74) is 0.989. The number of alkyl halides is 1. The maximum Gasteiger partial charge on any atom is 0.227 e. The number of ether oxygens (including phenoxy) is 1. The molecule has 2 aliphatic rings. The minimum Gasteiger partial charge on any atom is -0.390 e. The Bertz CT molecular complexity index is 1120. The minimum absolute atomic E-state index is 0.0761. The van der Waals surface area contributed by atoms with Gasteiger partial charge in [-0.05, 0) is 26.3 Å². The number of fused-ring (bicyclic) bond motifs is 1. The van der Waals surface area contributed by atoms with Crippen LogP contribution in [-0.2, 0) is 4.74 Å². The summed E-state index contributed by atoms with van der Waals surface area (Å²) in [4.78, 5) is 17.4. The van der Waals surface area contributed by atoms with Gasteiger partial charge in [-0.15, -0.1) is 0 Å². The van der Waals surface area contributed by atoms with Gasteiger partial charge in [-0.1, -0.05) is 0 Å². The number of rotatable bonds is 5. The van der Waals surface area contributed by atoms with Crippen molar-refractivity contribution in [2.75, 3.05) is 54.5 Å². The third-order valence-corrected chi connectivity index (χ3v) is 6.06. The van der Waals surface area contributed by atoms with Crippen LogP contribution in [0, 0.1) is 0 Å². The van der Waals surface area contributed by atoms with Crippen LogP contribution in [0.2, 0.25) is 0 Å². The molecule has 0 unspecified atom stereocenters. The zero-order valence-corrected chi connectivity index (χ0v) is 18.9. The minimum atomic E-state index is -1.31. The average molecular weight is 457 g/mol. The molecule has 33 heavy (non-hydrogen) atoms. The fourth-order valence-corrected chi connectivity index (χ4v) is 4.26. The molecule has 176 valence electrons. The second-order valence-electron chi connectivity index (χ2n) is 8.73. The first-order chi connectivity index (χ1) is 16.0. The molecule has 0 aliphatic carbocycles. The number of halogens is 1. The summed E-state index contributed by atoms with van der Waals surface area (Å²) < 4.78 is 21.5. The SMILES string of the molecule is CC(C)n1nc(N2CCOCC2)c2cnc(Nc3ccnc(N4CC[C@H](O)[C@H](F)C4)n3)cc21. The molecule has 0 bridgehead atoms. The molecule has 2 saturated heterocycles. The number of pyridine rings is 1. The first-order valence-electron chi connectivity index (χ1n) is 11.4. The van der Waals surface area contributed by atoms with Gasteiger partial charge in [0, 0.05) is 44.1 Å². The van der Waals surface area contributed by atoms with Gasteiger partial charge in [0.15, 0.2) is 5.82 Å². The number of anilines is 4. The first kappa shape index (κ1) is 21.8. The predicted molar refractivity (Wildman–Crippen MR) is 124 cm³/mol. The lowest BCUT2D eigenvalue weighted by Crippen LogP contribution is -2.45. The number of hydrogen-bond donors (Lipinski definition) is 2. The van der Waals surface area contributed by atoms with Crippen LogP contribution in [0.1, 0.15) is 26.3 Å². The van der Waals surface area contributed by atoms with Crippen LogP contribution < -0.4 is 15.1 Å². The summed E-state index contributed by atoms with van der Waals surface area (Å²) >= 11 is 0. The summed E-state index contributed by atoms with van der Waals surface area (Å²) in [6.07, 6.45) is 1.60. The van der Waals surface area contributed by atoms with Gasteiger partial charge in [-0.2, -0.15) is 10.1 Å². The Kier molecular flexibility index (Phi) is 5.98. The van der Waals surface area contributed by atoms with E-state index in [0.717, 1.165) is 29.8 Å². The number of hydrogen-bond acceptors (Lipinski definition) is 9. The van der Waals surface area contributed by atoms with E-state index in [-0.39, 0.29) is 12.6 Å². The Morgan fingerprint density at radius 3 is 2.73 bits per heavy atom. The van der Waals surface area contributed by atoms with E-state index in [2.05, 4.69) is 39.0 Å². The topological polar surface area (TPSA) is 104 Å². The van der Waals surface area contributed by atoms with E-state index in [1.165, 1.54) is 0 Å². The molecule has 3 aromatic heterocycles. The van der Waals surface area contributed by atoms with Gasteiger partial charge in [-0.3, -0.25) is 4.68 Å². The maximum atomic E-state index is 14.0. The van der Waals surface area contributed by atoms with Crippen LogP contribution >= 0.6 is 0 Å². The molecule has 3 aromatic rings. The highest BCUT2D eigenvalue weighted by atomic mass is 19.1. The van der Waals surface area contributed by atoms with Gasteiger partial charge < -0.3 is 25.0 Å². The summed E-state index contributed by atoms with van der Waals surface area (Å²) in [6.45, 7) is 7.79. The van der Waals surface area contributed by atoms with Gasteiger partial charge in [0.25, 0.3) is 0 Å². The van der Waals surface area contributed by atoms with Gasteiger partial charge in [0.2, 0.25) is 5.95 Å². The number of piperidine rings is 1.